The molecule has 1 aromatic heterocycles. The van der Waals surface area contributed by atoms with Gasteiger partial charge in [-0.2, -0.15) is 5.10 Å². The topological polar surface area (TPSA) is 58.2 Å². The van der Waals surface area contributed by atoms with Gasteiger partial charge in [0, 0.05) is 27.8 Å². The Morgan fingerprint density at radius 2 is 2.27 bits per heavy atom. The first kappa shape index (κ1) is 13.8. The van der Waals surface area contributed by atoms with Crippen LogP contribution >= 0.6 is 15.9 Å². The van der Waals surface area contributed by atoms with E-state index in [1.165, 1.54) is 0 Å². The van der Waals surface area contributed by atoms with Crippen LogP contribution < -0.4 is 4.74 Å². The summed E-state index contributed by atoms with van der Waals surface area (Å²) in [4.78, 5) is 14.7. The summed E-state index contributed by atoms with van der Waals surface area (Å²) in [6.07, 6.45) is 3.04. The molecule has 1 aliphatic carbocycles. The van der Waals surface area contributed by atoms with E-state index >= 15 is 0 Å². The fraction of sp³-hybridized carbons (Fsp3) is 0.375. The standard InChI is InChI=1S/C16H16BrN3O2/c17-11-4-5-14-10(8-11)9-20(6-7-22-14)16(21)15-12-2-1-3-13(12)18-19-15/h4-5,8H,1-3,6-7,9H2,(H,18,19). The van der Waals surface area contributed by atoms with E-state index in [9.17, 15) is 4.79 Å². The van der Waals surface area contributed by atoms with Crippen molar-refractivity contribution in [1.29, 1.82) is 0 Å². The van der Waals surface area contributed by atoms with Gasteiger partial charge in [0.15, 0.2) is 5.69 Å². The van der Waals surface area contributed by atoms with E-state index in [-0.39, 0.29) is 5.91 Å². The lowest BCUT2D eigenvalue weighted by Crippen LogP contribution is -2.33. The molecule has 0 saturated heterocycles. The first-order valence-corrected chi connectivity index (χ1v) is 8.28. The lowest BCUT2D eigenvalue weighted by molar-refractivity contribution is 0.0726. The zero-order valence-electron chi connectivity index (χ0n) is 12.1. The highest BCUT2D eigenvalue weighted by molar-refractivity contribution is 9.10. The van der Waals surface area contributed by atoms with E-state index in [0.717, 1.165) is 46.3 Å². The number of amides is 1. The number of carbonyl (C=O) groups is 1. The molecular formula is C16H16BrN3O2. The van der Waals surface area contributed by atoms with E-state index in [4.69, 9.17) is 4.74 Å². The molecule has 1 aliphatic heterocycles. The summed E-state index contributed by atoms with van der Waals surface area (Å²) >= 11 is 3.48. The van der Waals surface area contributed by atoms with Gasteiger partial charge in [0.05, 0.1) is 6.54 Å². The van der Waals surface area contributed by atoms with Crippen LogP contribution in [0.3, 0.4) is 0 Å². The number of ether oxygens (including phenoxy) is 1. The monoisotopic (exact) mass is 361 g/mol. The van der Waals surface area contributed by atoms with E-state index in [0.29, 0.717) is 25.4 Å². The summed E-state index contributed by atoms with van der Waals surface area (Å²) in [5.41, 5.74) is 3.83. The van der Waals surface area contributed by atoms with E-state index in [1.807, 2.05) is 23.1 Å². The van der Waals surface area contributed by atoms with Crippen LogP contribution in [0.4, 0.5) is 0 Å². The van der Waals surface area contributed by atoms with Gasteiger partial charge in [-0.3, -0.25) is 9.89 Å². The van der Waals surface area contributed by atoms with Crippen molar-refractivity contribution in [2.24, 2.45) is 0 Å². The molecular weight excluding hydrogens is 346 g/mol. The van der Waals surface area contributed by atoms with Gasteiger partial charge in [0.25, 0.3) is 5.91 Å². The number of carbonyl (C=O) groups excluding carboxylic acids is 1. The van der Waals surface area contributed by atoms with Crippen molar-refractivity contribution in [1.82, 2.24) is 15.1 Å². The maximum atomic E-state index is 12.8. The smallest absolute Gasteiger partial charge is 0.275 e. The van der Waals surface area contributed by atoms with Crippen molar-refractivity contribution >= 4 is 21.8 Å². The number of fused-ring (bicyclic) bond motifs is 2. The van der Waals surface area contributed by atoms with Crippen LogP contribution in [0.1, 0.15) is 33.7 Å². The number of nitrogens with zero attached hydrogens (tertiary/aromatic N) is 2. The minimum absolute atomic E-state index is 0.00387. The molecule has 0 spiro atoms. The van der Waals surface area contributed by atoms with Crippen molar-refractivity contribution in [2.45, 2.75) is 25.8 Å². The van der Waals surface area contributed by atoms with Gasteiger partial charge in [-0.25, -0.2) is 0 Å². The molecule has 0 unspecified atom stereocenters. The highest BCUT2D eigenvalue weighted by Crippen LogP contribution is 2.28. The molecule has 2 aromatic rings. The number of hydrogen-bond acceptors (Lipinski definition) is 3. The Labute approximate surface area is 136 Å². The number of benzene rings is 1. The third kappa shape index (κ3) is 2.31. The number of nitrogens with one attached hydrogen (secondary N) is 1. The number of rotatable bonds is 1. The van der Waals surface area contributed by atoms with Gasteiger partial charge < -0.3 is 9.64 Å². The Kier molecular flexibility index (Phi) is 3.41. The SMILES string of the molecule is O=C(c1n[nH]c2c1CCC2)N1CCOc2ccc(Br)cc2C1. The number of H-pyrrole nitrogens is 1. The van der Waals surface area contributed by atoms with Gasteiger partial charge in [-0.1, -0.05) is 15.9 Å². The molecule has 0 bridgehead atoms. The third-order valence-electron chi connectivity index (χ3n) is 4.30. The lowest BCUT2D eigenvalue weighted by Gasteiger charge is -2.19. The highest BCUT2D eigenvalue weighted by Gasteiger charge is 2.28. The second-order valence-electron chi connectivity index (χ2n) is 5.71. The molecule has 6 heteroatoms. The van der Waals surface area contributed by atoms with Crippen LogP contribution in [0.15, 0.2) is 22.7 Å². The number of halogens is 1. The van der Waals surface area contributed by atoms with Crippen molar-refractivity contribution in [3.8, 4) is 5.75 Å². The largest absolute Gasteiger partial charge is 0.491 e. The van der Waals surface area contributed by atoms with Crippen LogP contribution in [-0.2, 0) is 19.4 Å². The molecule has 1 amide bonds. The average molecular weight is 362 g/mol. The van der Waals surface area contributed by atoms with E-state index < -0.39 is 0 Å². The summed E-state index contributed by atoms with van der Waals surface area (Å²) in [5.74, 6) is 0.849. The second-order valence-corrected chi connectivity index (χ2v) is 6.63. The molecule has 1 N–H and O–H groups in total. The Bertz CT molecular complexity index is 741. The Morgan fingerprint density at radius 3 is 3.18 bits per heavy atom. The predicted molar refractivity (Wildman–Crippen MR) is 85.0 cm³/mol. The average Bonchev–Trinajstić information content (AvgIpc) is 3.04. The van der Waals surface area contributed by atoms with Gasteiger partial charge in [-0.05, 0) is 37.5 Å². The van der Waals surface area contributed by atoms with Gasteiger partial charge in [0.2, 0.25) is 0 Å². The fourth-order valence-electron chi connectivity index (χ4n) is 3.18. The fourth-order valence-corrected chi connectivity index (χ4v) is 3.59. The number of aromatic amines is 1. The Morgan fingerprint density at radius 1 is 1.36 bits per heavy atom. The Balaban J connectivity index is 1.63. The van der Waals surface area contributed by atoms with Crippen LogP contribution in [0.2, 0.25) is 0 Å². The molecule has 5 nitrogen and oxygen atoms in total. The second kappa shape index (κ2) is 5.43. The molecule has 114 valence electrons. The molecule has 2 heterocycles. The predicted octanol–water partition coefficient (Wildman–Crippen LogP) is 2.70. The van der Waals surface area contributed by atoms with Gasteiger partial charge >= 0.3 is 0 Å². The Hall–Kier alpha value is -1.82. The van der Waals surface area contributed by atoms with Crippen molar-refractivity contribution < 1.29 is 9.53 Å². The quantitative estimate of drug-likeness (QED) is 0.849. The lowest BCUT2D eigenvalue weighted by atomic mass is 10.1. The first-order valence-electron chi connectivity index (χ1n) is 7.49. The van der Waals surface area contributed by atoms with Crippen LogP contribution in [0, 0.1) is 0 Å². The molecule has 1 aromatic carbocycles. The van der Waals surface area contributed by atoms with E-state index in [1.54, 1.807) is 0 Å². The molecule has 0 fully saturated rings. The van der Waals surface area contributed by atoms with Crippen LogP contribution in [0.5, 0.6) is 5.75 Å². The van der Waals surface area contributed by atoms with Crippen molar-refractivity contribution in [2.75, 3.05) is 13.2 Å². The van der Waals surface area contributed by atoms with Gasteiger partial charge in [-0.15, -0.1) is 0 Å². The summed E-state index contributed by atoms with van der Waals surface area (Å²) in [7, 11) is 0. The minimum atomic E-state index is -0.00387. The number of aromatic nitrogens is 2. The molecule has 4 rings (SSSR count). The maximum absolute atomic E-state index is 12.8. The molecule has 0 saturated carbocycles. The third-order valence-corrected chi connectivity index (χ3v) is 4.79. The zero-order chi connectivity index (χ0) is 15.1. The van der Waals surface area contributed by atoms with Crippen LogP contribution in [0.25, 0.3) is 0 Å². The maximum Gasteiger partial charge on any atom is 0.275 e. The summed E-state index contributed by atoms with van der Waals surface area (Å²) in [6.45, 7) is 1.63. The molecule has 2 aliphatic rings. The normalized spacial score (nSPS) is 16.7. The first-order chi connectivity index (χ1) is 10.7. The summed E-state index contributed by atoms with van der Waals surface area (Å²) in [5, 5.41) is 7.26. The minimum Gasteiger partial charge on any atom is -0.491 e. The molecule has 0 atom stereocenters. The molecule has 0 radical (unpaired) electrons. The van der Waals surface area contributed by atoms with E-state index in [2.05, 4.69) is 26.1 Å². The summed E-state index contributed by atoms with van der Waals surface area (Å²) < 4.78 is 6.74. The van der Waals surface area contributed by atoms with Gasteiger partial charge in [0.1, 0.15) is 12.4 Å². The number of hydrogen-bond donors (Lipinski definition) is 1. The van der Waals surface area contributed by atoms with Crippen molar-refractivity contribution in [3.63, 3.8) is 0 Å². The highest BCUT2D eigenvalue weighted by atomic mass is 79.9. The zero-order valence-corrected chi connectivity index (χ0v) is 13.6. The number of aryl methyl sites for hydroxylation is 1. The molecule has 22 heavy (non-hydrogen) atoms. The summed E-state index contributed by atoms with van der Waals surface area (Å²) in [6, 6.07) is 5.91. The van der Waals surface area contributed by atoms with Crippen molar-refractivity contribution in [3.05, 3.63) is 45.2 Å². The van der Waals surface area contributed by atoms with Crippen LogP contribution in [-0.4, -0.2) is 34.2 Å².